The molecule has 2 rings (SSSR count). The van der Waals surface area contributed by atoms with Crippen LogP contribution in [0, 0.1) is 5.41 Å². The SMILES string of the molecule is NCC1(CO)CC1c1ccc(Cl)s1. The Morgan fingerprint density at radius 3 is 2.85 bits per heavy atom. The molecule has 4 heteroatoms. The summed E-state index contributed by atoms with van der Waals surface area (Å²) in [6.07, 6.45) is 0.997. The number of halogens is 1. The number of aliphatic hydroxyl groups excluding tert-OH is 1. The van der Waals surface area contributed by atoms with Gasteiger partial charge in [-0.3, -0.25) is 0 Å². The number of nitrogens with two attached hydrogens (primary N) is 1. The predicted octanol–water partition coefficient (Wildman–Crippen LogP) is 1.83. The van der Waals surface area contributed by atoms with Crippen LogP contribution in [0.3, 0.4) is 0 Å². The fourth-order valence-corrected chi connectivity index (χ4v) is 3.03. The molecule has 0 amide bonds. The second kappa shape index (κ2) is 3.24. The van der Waals surface area contributed by atoms with Crippen LogP contribution in [0.1, 0.15) is 17.2 Å². The van der Waals surface area contributed by atoms with E-state index < -0.39 is 0 Å². The van der Waals surface area contributed by atoms with Crippen molar-refractivity contribution in [2.75, 3.05) is 13.2 Å². The van der Waals surface area contributed by atoms with E-state index in [0.29, 0.717) is 12.5 Å². The van der Waals surface area contributed by atoms with Crippen LogP contribution in [-0.4, -0.2) is 18.3 Å². The Bertz CT molecular complexity index is 308. The number of rotatable bonds is 3. The van der Waals surface area contributed by atoms with Crippen molar-refractivity contribution in [1.29, 1.82) is 0 Å². The lowest BCUT2D eigenvalue weighted by molar-refractivity contribution is 0.212. The Morgan fingerprint density at radius 2 is 2.46 bits per heavy atom. The van der Waals surface area contributed by atoms with Crippen LogP contribution in [0.15, 0.2) is 12.1 Å². The Labute approximate surface area is 86.3 Å². The average Bonchev–Trinajstić information content (AvgIpc) is 2.74. The summed E-state index contributed by atoms with van der Waals surface area (Å²) in [5.74, 6) is 0.431. The van der Waals surface area contributed by atoms with Gasteiger partial charge < -0.3 is 10.8 Å². The van der Waals surface area contributed by atoms with Crippen molar-refractivity contribution in [3.05, 3.63) is 21.3 Å². The summed E-state index contributed by atoms with van der Waals surface area (Å²) >= 11 is 7.43. The maximum absolute atomic E-state index is 9.19. The molecule has 1 aromatic rings. The van der Waals surface area contributed by atoms with E-state index in [1.807, 2.05) is 12.1 Å². The molecule has 0 saturated heterocycles. The van der Waals surface area contributed by atoms with Crippen LogP contribution in [0.4, 0.5) is 0 Å². The van der Waals surface area contributed by atoms with Gasteiger partial charge in [0.1, 0.15) is 0 Å². The highest BCUT2D eigenvalue weighted by Crippen LogP contribution is 2.59. The van der Waals surface area contributed by atoms with Gasteiger partial charge in [-0.2, -0.15) is 0 Å². The first-order valence-corrected chi connectivity index (χ1v) is 5.47. The molecule has 0 radical (unpaired) electrons. The van der Waals surface area contributed by atoms with Gasteiger partial charge in [0.2, 0.25) is 0 Å². The first-order valence-electron chi connectivity index (χ1n) is 4.28. The molecule has 1 saturated carbocycles. The zero-order chi connectivity index (χ0) is 9.47. The molecule has 0 aliphatic heterocycles. The molecule has 1 aliphatic carbocycles. The molecule has 13 heavy (non-hydrogen) atoms. The lowest BCUT2D eigenvalue weighted by Gasteiger charge is -2.09. The minimum absolute atomic E-state index is 0.0474. The molecule has 72 valence electrons. The van der Waals surface area contributed by atoms with Gasteiger partial charge in [0.05, 0.1) is 10.9 Å². The van der Waals surface area contributed by atoms with Gasteiger partial charge in [-0.25, -0.2) is 0 Å². The maximum atomic E-state index is 9.19. The molecule has 2 atom stereocenters. The molecule has 1 aromatic heterocycles. The molecule has 2 nitrogen and oxygen atoms in total. The summed E-state index contributed by atoms with van der Waals surface area (Å²) in [6, 6.07) is 3.93. The van der Waals surface area contributed by atoms with Crippen molar-refractivity contribution in [2.45, 2.75) is 12.3 Å². The monoisotopic (exact) mass is 217 g/mol. The lowest BCUT2D eigenvalue weighted by atomic mass is 10.1. The van der Waals surface area contributed by atoms with E-state index in [2.05, 4.69) is 0 Å². The van der Waals surface area contributed by atoms with E-state index in [4.69, 9.17) is 17.3 Å². The first kappa shape index (κ1) is 9.46. The summed E-state index contributed by atoms with van der Waals surface area (Å²) < 4.78 is 0.811. The van der Waals surface area contributed by atoms with E-state index in [1.54, 1.807) is 11.3 Å². The summed E-state index contributed by atoms with van der Waals surface area (Å²) in [5.41, 5.74) is 5.58. The Morgan fingerprint density at radius 1 is 1.69 bits per heavy atom. The lowest BCUT2D eigenvalue weighted by Crippen LogP contribution is -2.21. The zero-order valence-electron chi connectivity index (χ0n) is 7.16. The quantitative estimate of drug-likeness (QED) is 0.812. The van der Waals surface area contributed by atoms with Gasteiger partial charge >= 0.3 is 0 Å². The fraction of sp³-hybridized carbons (Fsp3) is 0.556. The number of hydrogen-bond donors (Lipinski definition) is 2. The summed E-state index contributed by atoms with van der Waals surface area (Å²) in [4.78, 5) is 1.25. The third-order valence-corrected chi connectivity index (χ3v) is 4.19. The Kier molecular flexibility index (Phi) is 2.36. The summed E-state index contributed by atoms with van der Waals surface area (Å²) in [7, 11) is 0. The van der Waals surface area contributed by atoms with Crippen molar-refractivity contribution in [1.82, 2.24) is 0 Å². The molecular formula is C9H12ClNOS. The van der Waals surface area contributed by atoms with Crippen LogP contribution in [0.5, 0.6) is 0 Å². The van der Waals surface area contributed by atoms with Crippen LogP contribution in [-0.2, 0) is 0 Å². The highest BCUT2D eigenvalue weighted by Gasteiger charge is 2.53. The van der Waals surface area contributed by atoms with Crippen molar-refractivity contribution in [3.63, 3.8) is 0 Å². The Balaban J connectivity index is 2.14. The molecule has 1 fully saturated rings. The normalized spacial score (nSPS) is 32.1. The average molecular weight is 218 g/mol. The van der Waals surface area contributed by atoms with E-state index in [-0.39, 0.29) is 12.0 Å². The molecule has 1 heterocycles. The maximum Gasteiger partial charge on any atom is 0.0931 e. The standard InChI is InChI=1S/C9H12ClNOS/c10-8-2-1-7(13-8)6-3-9(6,4-11)5-12/h1-2,6,12H,3-5,11H2. The minimum atomic E-state index is -0.0474. The topological polar surface area (TPSA) is 46.2 Å². The molecule has 0 bridgehead atoms. The molecule has 1 aliphatic rings. The fourth-order valence-electron chi connectivity index (χ4n) is 1.73. The summed E-state index contributed by atoms with van der Waals surface area (Å²) in [5, 5.41) is 9.19. The van der Waals surface area contributed by atoms with Crippen LogP contribution < -0.4 is 5.73 Å². The van der Waals surface area contributed by atoms with E-state index in [9.17, 15) is 5.11 Å². The summed E-state index contributed by atoms with van der Waals surface area (Å²) in [6.45, 7) is 0.743. The largest absolute Gasteiger partial charge is 0.396 e. The van der Waals surface area contributed by atoms with Crippen LogP contribution >= 0.6 is 22.9 Å². The third-order valence-electron chi connectivity index (χ3n) is 2.85. The van der Waals surface area contributed by atoms with Crippen molar-refractivity contribution in [3.8, 4) is 0 Å². The van der Waals surface area contributed by atoms with Crippen molar-refractivity contribution < 1.29 is 5.11 Å². The number of thiophene rings is 1. The molecule has 0 spiro atoms. The smallest absolute Gasteiger partial charge is 0.0931 e. The van der Waals surface area contributed by atoms with Gasteiger partial charge in [-0.1, -0.05) is 11.6 Å². The van der Waals surface area contributed by atoms with Crippen molar-refractivity contribution >= 4 is 22.9 Å². The molecule has 0 aromatic carbocycles. The Hall–Kier alpha value is -0.0900. The van der Waals surface area contributed by atoms with E-state index in [0.717, 1.165) is 10.8 Å². The number of hydrogen-bond acceptors (Lipinski definition) is 3. The third kappa shape index (κ3) is 1.50. The van der Waals surface area contributed by atoms with Gasteiger partial charge in [0.15, 0.2) is 0 Å². The highest BCUT2D eigenvalue weighted by molar-refractivity contribution is 7.16. The second-order valence-electron chi connectivity index (χ2n) is 3.62. The van der Waals surface area contributed by atoms with Gasteiger partial charge in [0, 0.05) is 22.8 Å². The minimum Gasteiger partial charge on any atom is -0.396 e. The van der Waals surface area contributed by atoms with Crippen LogP contribution in [0.2, 0.25) is 4.34 Å². The van der Waals surface area contributed by atoms with Gasteiger partial charge in [0.25, 0.3) is 0 Å². The van der Waals surface area contributed by atoms with Crippen molar-refractivity contribution in [2.24, 2.45) is 11.1 Å². The second-order valence-corrected chi connectivity index (χ2v) is 5.37. The first-order chi connectivity index (χ1) is 6.22. The zero-order valence-corrected chi connectivity index (χ0v) is 8.74. The van der Waals surface area contributed by atoms with Gasteiger partial charge in [-0.05, 0) is 18.6 Å². The highest BCUT2D eigenvalue weighted by atomic mass is 35.5. The van der Waals surface area contributed by atoms with Gasteiger partial charge in [-0.15, -0.1) is 11.3 Å². The van der Waals surface area contributed by atoms with E-state index >= 15 is 0 Å². The van der Waals surface area contributed by atoms with E-state index in [1.165, 1.54) is 4.88 Å². The molecule has 3 N–H and O–H groups in total. The van der Waals surface area contributed by atoms with Crippen LogP contribution in [0.25, 0.3) is 0 Å². The predicted molar refractivity (Wildman–Crippen MR) is 55.3 cm³/mol. The number of aliphatic hydroxyl groups is 1. The molecule has 2 unspecified atom stereocenters. The molecular weight excluding hydrogens is 206 g/mol.